The molecule has 25 heavy (non-hydrogen) atoms. The molecule has 1 saturated carbocycles. The summed E-state index contributed by atoms with van der Waals surface area (Å²) in [5, 5.41) is 9.72. The van der Waals surface area contributed by atoms with Gasteiger partial charge in [0.2, 0.25) is 5.91 Å². The van der Waals surface area contributed by atoms with Crippen molar-refractivity contribution in [1.82, 2.24) is 15.1 Å². The van der Waals surface area contributed by atoms with Crippen molar-refractivity contribution in [2.75, 3.05) is 12.4 Å². The first-order valence-electron chi connectivity index (χ1n) is 8.07. The molecule has 4 N–H and O–H groups in total. The Morgan fingerprint density at radius 2 is 2.08 bits per heavy atom. The van der Waals surface area contributed by atoms with E-state index in [1.54, 1.807) is 13.3 Å². The normalized spacial score (nSPS) is 14.6. The highest BCUT2D eigenvalue weighted by Crippen LogP contribution is 2.41. The lowest BCUT2D eigenvalue weighted by molar-refractivity contribution is -0.118. The number of nitrogens with two attached hydrogens (primary N) is 1. The largest absolute Gasteiger partial charge is 0.497 e. The van der Waals surface area contributed by atoms with Crippen molar-refractivity contribution in [3.8, 4) is 5.75 Å². The highest BCUT2D eigenvalue weighted by Gasteiger charge is 2.33. The highest BCUT2D eigenvalue weighted by atomic mass is 16.5. The van der Waals surface area contributed by atoms with Gasteiger partial charge >= 0.3 is 6.03 Å². The maximum absolute atomic E-state index is 12.3. The summed E-state index contributed by atoms with van der Waals surface area (Å²) in [7, 11) is 1.62. The molecule has 1 atom stereocenters. The Labute approximate surface area is 145 Å². The first-order chi connectivity index (χ1) is 12.0. The number of benzene rings is 1. The van der Waals surface area contributed by atoms with Crippen LogP contribution in [-0.2, 0) is 11.3 Å². The van der Waals surface area contributed by atoms with Crippen LogP contribution in [0.3, 0.4) is 0 Å². The van der Waals surface area contributed by atoms with Gasteiger partial charge < -0.3 is 21.1 Å². The number of carbonyl (C=O) groups excluding carboxylic acids is 2. The van der Waals surface area contributed by atoms with Gasteiger partial charge in [-0.1, -0.05) is 12.1 Å². The van der Waals surface area contributed by atoms with Gasteiger partial charge in [0.25, 0.3) is 0 Å². The molecule has 0 bridgehead atoms. The zero-order chi connectivity index (χ0) is 17.8. The number of urea groups is 1. The van der Waals surface area contributed by atoms with Gasteiger partial charge in [0.05, 0.1) is 25.0 Å². The summed E-state index contributed by atoms with van der Waals surface area (Å²) < 4.78 is 6.55. The summed E-state index contributed by atoms with van der Waals surface area (Å²) >= 11 is 0. The molecule has 0 saturated heterocycles. The number of nitrogens with one attached hydrogen (secondary N) is 2. The van der Waals surface area contributed by atoms with E-state index >= 15 is 0 Å². The van der Waals surface area contributed by atoms with Crippen molar-refractivity contribution in [1.29, 1.82) is 0 Å². The zero-order valence-corrected chi connectivity index (χ0v) is 13.9. The van der Waals surface area contributed by atoms with Crippen LogP contribution in [0.15, 0.2) is 36.7 Å². The van der Waals surface area contributed by atoms with Crippen LogP contribution < -0.4 is 21.1 Å². The van der Waals surface area contributed by atoms with Crippen molar-refractivity contribution < 1.29 is 14.3 Å². The van der Waals surface area contributed by atoms with Gasteiger partial charge in [0.15, 0.2) is 0 Å². The molecule has 8 nitrogen and oxygen atoms in total. The lowest BCUT2D eigenvalue weighted by atomic mass is 10.0. The van der Waals surface area contributed by atoms with E-state index < -0.39 is 5.91 Å². The second kappa shape index (κ2) is 7.25. The van der Waals surface area contributed by atoms with Crippen molar-refractivity contribution in [2.24, 2.45) is 11.7 Å². The first kappa shape index (κ1) is 16.8. The predicted octanol–water partition coefficient (Wildman–Crippen LogP) is 1.65. The maximum Gasteiger partial charge on any atom is 0.319 e. The molecule has 1 heterocycles. The Morgan fingerprint density at radius 3 is 2.68 bits per heavy atom. The third-order valence-electron chi connectivity index (χ3n) is 4.06. The minimum Gasteiger partial charge on any atom is -0.497 e. The van der Waals surface area contributed by atoms with Gasteiger partial charge in [-0.05, 0) is 36.5 Å². The number of ether oxygens (including phenoxy) is 1. The van der Waals surface area contributed by atoms with Gasteiger partial charge in [-0.3, -0.25) is 9.48 Å². The minimum absolute atomic E-state index is 0.0279. The van der Waals surface area contributed by atoms with Crippen LogP contribution in [0.1, 0.15) is 24.4 Å². The van der Waals surface area contributed by atoms with Gasteiger partial charge in [-0.25, -0.2) is 4.79 Å². The Bertz CT molecular complexity index is 752. The fourth-order valence-electron chi connectivity index (χ4n) is 2.70. The molecule has 8 heteroatoms. The number of rotatable bonds is 7. The fourth-order valence-corrected chi connectivity index (χ4v) is 2.70. The lowest BCUT2D eigenvalue weighted by Gasteiger charge is -2.19. The number of hydrogen-bond acceptors (Lipinski definition) is 4. The quantitative estimate of drug-likeness (QED) is 0.709. The summed E-state index contributed by atoms with van der Waals surface area (Å²) in [6.45, 7) is -0.0279. The Morgan fingerprint density at radius 1 is 1.36 bits per heavy atom. The molecule has 1 aliphatic rings. The fraction of sp³-hybridized carbons (Fsp3) is 0.353. The molecule has 3 rings (SSSR count). The van der Waals surface area contributed by atoms with Crippen LogP contribution in [0.2, 0.25) is 0 Å². The molecule has 0 spiro atoms. The second-order valence-electron chi connectivity index (χ2n) is 6.08. The second-order valence-corrected chi connectivity index (χ2v) is 6.08. The maximum atomic E-state index is 12.3. The number of anilines is 1. The minimum atomic E-state index is -0.493. The molecule has 1 aromatic heterocycles. The van der Waals surface area contributed by atoms with E-state index in [1.165, 1.54) is 10.9 Å². The van der Waals surface area contributed by atoms with Crippen LogP contribution in [0.5, 0.6) is 5.75 Å². The topological polar surface area (TPSA) is 111 Å². The van der Waals surface area contributed by atoms with E-state index in [9.17, 15) is 9.59 Å². The first-order valence-corrected chi connectivity index (χ1v) is 8.07. The SMILES string of the molecule is COc1ccc([C@@H](NC(=O)Nc2cnn(CC(N)=O)c2)C2CC2)cc1. The number of primary amides is 1. The molecular weight excluding hydrogens is 322 g/mol. The number of nitrogens with zero attached hydrogens (tertiary/aromatic N) is 2. The lowest BCUT2D eigenvalue weighted by Crippen LogP contribution is -2.33. The molecule has 1 fully saturated rings. The van der Waals surface area contributed by atoms with E-state index in [0.717, 1.165) is 24.2 Å². The van der Waals surface area contributed by atoms with Gasteiger partial charge in [-0.15, -0.1) is 0 Å². The summed E-state index contributed by atoms with van der Waals surface area (Å²) in [4.78, 5) is 23.2. The van der Waals surface area contributed by atoms with Crippen LogP contribution in [0, 0.1) is 5.92 Å². The molecular formula is C17H21N5O3. The van der Waals surface area contributed by atoms with Crippen molar-refractivity contribution in [2.45, 2.75) is 25.4 Å². The van der Waals surface area contributed by atoms with Gasteiger partial charge in [-0.2, -0.15) is 5.10 Å². The molecule has 132 valence electrons. The van der Waals surface area contributed by atoms with Gasteiger partial charge in [0, 0.05) is 6.20 Å². The summed E-state index contributed by atoms with van der Waals surface area (Å²) in [5.41, 5.74) is 6.66. The van der Waals surface area contributed by atoms with Crippen molar-refractivity contribution in [3.05, 3.63) is 42.2 Å². The van der Waals surface area contributed by atoms with E-state index in [4.69, 9.17) is 10.5 Å². The number of carbonyl (C=O) groups is 2. The number of amides is 3. The summed E-state index contributed by atoms with van der Waals surface area (Å²) in [6, 6.07) is 7.34. The number of hydrogen-bond donors (Lipinski definition) is 3. The zero-order valence-electron chi connectivity index (χ0n) is 13.9. The van der Waals surface area contributed by atoms with Crippen molar-refractivity contribution >= 4 is 17.6 Å². The molecule has 1 aromatic carbocycles. The molecule has 0 radical (unpaired) electrons. The van der Waals surface area contributed by atoms with E-state index in [-0.39, 0.29) is 18.6 Å². The summed E-state index contributed by atoms with van der Waals surface area (Å²) in [6.07, 6.45) is 5.22. The number of aromatic nitrogens is 2. The van der Waals surface area contributed by atoms with Crippen LogP contribution >= 0.6 is 0 Å². The highest BCUT2D eigenvalue weighted by molar-refractivity contribution is 5.89. The predicted molar refractivity (Wildman–Crippen MR) is 92.0 cm³/mol. The average Bonchev–Trinajstić information content (AvgIpc) is 3.34. The molecule has 0 unspecified atom stereocenters. The van der Waals surface area contributed by atoms with Crippen molar-refractivity contribution in [3.63, 3.8) is 0 Å². The third kappa shape index (κ3) is 4.50. The average molecular weight is 343 g/mol. The Balaban J connectivity index is 1.62. The van der Waals surface area contributed by atoms with E-state index in [1.807, 2.05) is 24.3 Å². The molecule has 0 aliphatic heterocycles. The van der Waals surface area contributed by atoms with Crippen LogP contribution in [-0.4, -0.2) is 28.8 Å². The summed E-state index contributed by atoms with van der Waals surface area (Å²) in [5.74, 6) is 0.730. The van der Waals surface area contributed by atoms with E-state index in [2.05, 4.69) is 15.7 Å². The third-order valence-corrected chi connectivity index (χ3v) is 4.06. The van der Waals surface area contributed by atoms with Gasteiger partial charge in [0.1, 0.15) is 12.3 Å². The van der Waals surface area contributed by atoms with Crippen LogP contribution in [0.4, 0.5) is 10.5 Å². The molecule has 2 aromatic rings. The van der Waals surface area contributed by atoms with E-state index in [0.29, 0.717) is 11.6 Å². The molecule has 1 aliphatic carbocycles. The van der Waals surface area contributed by atoms with Crippen LogP contribution in [0.25, 0.3) is 0 Å². The standard InChI is InChI=1S/C17H21N5O3/c1-25-14-6-4-12(5-7-14)16(11-2-3-11)21-17(24)20-13-8-19-22(9-13)10-15(18)23/h4-9,11,16H,2-3,10H2,1H3,(H2,18,23)(H2,20,21,24)/t16-/m0/s1. The number of methoxy groups -OCH3 is 1. The monoisotopic (exact) mass is 343 g/mol. The Kier molecular flexibility index (Phi) is 4.87. The smallest absolute Gasteiger partial charge is 0.319 e. The Hall–Kier alpha value is -3.03. The molecule has 3 amide bonds.